The predicted octanol–water partition coefficient (Wildman–Crippen LogP) is 5.64. The Labute approximate surface area is 234 Å². The quantitative estimate of drug-likeness (QED) is 0.352. The van der Waals surface area contributed by atoms with E-state index in [0.29, 0.717) is 11.6 Å². The third-order valence-corrected chi connectivity index (χ3v) is 8.79. The first-order chi connectivity index (χ1) is 19.2. The van der Waals surface area contributed by atoms with Crippen LogP contribution in [0.25, 0.3) is 11.3 Å². The number of anilines is 1. The standard InChI is InChI=1S/C31H30N4O4S/c1-19-6-4-7-20(2)29(19)26-17-28-33-31(32-26)34-40(37,38)25-9-5-8-24(16-25)30(36)35(3)18-27(39-28)23-14-12-22(13-15-23)21-10-11-21/h4-9,12-17,21,27H,10-11,18H2,1-3H3,(H,32,33,34)/t27-/m0/s1. The van der Waals surface area contributed by atoms with Crippen molar-refractivity contribution in [2.45, 2.75) is 43.6 Å². The van der Waals surface area contributed by atoms with Gasteiger partial charge in [-0.15, -0.1) is 0 Å². The number of carbonyl (C=O) groups excluding carboxylic acids is 1. The van der Waals surface area contributed by atoms with Gasteiger partial charge in [0, 0.05) is 24.2 Å². The molecule has 1 amide bonds. The average molecular weight is 555 g/mol. The molecule has 1 atom stereocenters. The van der Waals surface area contributed by atoms with Crippen molar-refractivity contribution in [1.29, 1.82) is 0 Å². The van der Waals surface area contributed by atoms with Gasteiger partial charge in [0.2, 0.25) is 11.8 Å². The maximum atomic E-state index is 13.4. The van der Waals surface area contributed by atoms with Crippen LogP contribution in [0.2, 0.25) is 0 Å². The van der Waals surface area contributed by atoms with Crippen LogP contribution >= 0.6 is 0 Å². The lowest BCUT2D eigenvalue weighted by atomic mass is 10.00. The van der Waals surface area contributed by atoms with Gasteiger partial charge in [0.1, 0.15) is 6.10 Å². The van der Waals surface area contributed by atoms with Gasteiger partial charge in [-0.3, -0.25) is 4.79 Å². The van der Waals surface area contributed by atoms with E-state index in [9.17, 15) is 13.2 Å². The van der Waals surface area contributed by atoms with E-state index in [1.165, 1.54) is 30.5 Å². The summed E-state index contributed by atoms with van der Waals surface area (Å²) in [6.45, 7) is 4.19. The van der Waals surface area contributed by atoms with E-state index in [0.717, 1.165) is 22.3 Å². The van der Waals surface area contributed by atoms with Crippen molar-refractivity contribution in [2.75, 3.05) is 18.3 Å². The van der Waals surface area contributed by atoms with Crippen LogP contribution in [0.5, 0.6) is 5.88 Å². The number of nitrogens with one attached hydrogen (secondary N) is 1. The number of aryl methyl sites for hydroxylation is 2. The van der Waals surface area contributed by atoms with Crippen LogP contribution in [0, 0.1) is 13.8 Å². The minimum atomic E-state index is -4.09. The van der Waals surface area contributed by atoms with Crippen LogP contribution in [-0.2, 0) is 10.0 Å². The van der Waals surface area contributed by atoms with Gasteiger partial charge in [0.15, 0.2) is 0 Å². The lowest BCUT2D eigenvalue weighted by Crippen LogP contribution is -2.33. The van der Waals surface area contributed by atoms with Crippen molar-refractivity contribution >= 4 is 21.9 Å². The molecular formula is C31H30N4O4S. The Morgan fingerprint density at radius 2 is 1.57 bits per heavy atom. The molecule has 1 aromatic heterocycles. The summed E-state index contributed by atoms with van der Waals surface area (Å²) in [5.41, 5.74) is 5.83. The summed E-state index contributed by atoms with van der Waals surface area (Å²) >= 11 is 0. The molecule has 1 aliphatic carbocycles. The summed E-state index contributed by atoms with van der Waals surface area (Å²) in [5, 5.41) is 0. The fourth-order valence-electron chi connectivity index (χ4n) is 5.16. The minimum Gasteiger partial charge on any atom is -0.467 e. The number of fused-ring (bicyclic) bond motifs is 4. The van der Waals surface area contributed by atoms with Crippen molar-refractivity contribution in [3.8, 4) is 17.1 Å². The largest absolute Gasteiger partial charge is 0.467 e. The first kappa shape index (κ1) is 26.0. The predicted molar refractivity (Wildman–Crippen MR) is 153 cm³/mol. The van der Waals surface area contributed by atoms with Gasteiger partial charge in [-0.05, 0) is 73.1 Å². The van der Waals surface area contributed by atoms with E-state index in [-0.39, 0.29) is 34.7 Å². The number of benzene rings is 3. The molecule has 0 saturated heterocycles. The monoisotopic (exact) mass is 554 g/mol. The van der Waals surface area contributed by atoms with Crippen LogP contribution < -0.4 is 9.46 Å². The van der Waals surface area contributed by atoms with Crippen LogP contribution in [-0.4, -0.2) is 42.8 Å². The van der Waals surface area contributed by atoms with Gasteiger partial charge >= 0.3 is 0 Å². The van der Waals surface area contributed by atoms with E-state index in [4.69, 9.17) is 4.74 Å². The highest BCUT2D eigenvalue weighted by atomic mass is 32.2. The van der Waals surface area contributed by atoms with Gasteiger partial charge < -0.3 is 9.64 Å². The van der Waals surface area contributed by atoms with Crippen molar-refractivity contribution in [3.63, 3.8) is 0 Å². The Kier molecular flexibility index (Phi) is 6.54. The van der Waals surface area contributed by atoms with Gasteiger partial charge in [0.05, 0.1) is 17.1 Å². The molecule has 2 aliphatic rings. The molecule has 40 heavy (non-hydrogen) atoms. The summed E-state index contributed by atoms with van der Waals surface area (Å²) < 4.78 is 35.7. The highest BCUT2D eigenvalue weighted by molar-refractivity contribution is 7.92. The topological polar surface area (TPSA) is 101 Å². The van der Waals surface area contributed by atoms with Crippen LogP contribution in [0.4, 0.5) is 5.95 Å². The van der Waals surface area contributed by atoms with E-state index in [1.54, 1.807) is 30.1 Å². The first-order valence-electron chi connectivity index (χ1n) is 13.3. The molecule has 2 heterocycles. The molecule has 204 valence electrons. The molecule has 3 aromatic carbocycles. The minimum absolute atomic E-state index is 0.0539. The highest BCUT2D eigenvalue weighted by Gasteiger charge is 2.27. The van der Waals surface area contributed by atoms with E-state index in [1.807, 2.05) is 44.2 Å². The molecular weight excluding hydrogens is 524 g/mol. The summed E-state index contributed by atoms with van der Waals surface area (Å²) in [6.07, 6.45) is 1.85. The maximum Gasteiger partial charge on any atom is 0.264 e. The third-order valence-electron chi connectivity index (χ3n) is 7.46. The van der Waals surface area contributed by atoms with Crippen molar-refractivity contribution < 1.29 is 17.9 Å². The van der Waals surface area contributed by atoms with Gasteiger partial charge in [-0.2, -0.15) is 4.98 Å². The second-order valence-electron chi connectivity index (χ2n) is 10.5. The second kappa shape index (κ2) is 10.1. The lowest BCUT2D eigenvalue weighted by molar-refractivity contribution is 0.0706. The number of carbonyl (C=O) groups is 1. The summed E-state index contributed by atoms with van der Waals surface area (Å²) in [6, 6.07) is 21.9. The maximum absolute atomic E-state index is 13.4. The molecule has 1 aliphatic heterocycles. The molecule has 0 spiro atoms. The number of sulfonamides is 1. The zero-order valence-electron chi connectivity index (χ0n) is 22.6. The molecule has 0 unspecified atom stereocenters. The smallest absolute Gasteiger partial charge is 0.264 e. The molecule has 9 heteroatoms. The van der Waals surface area contributed by atoms with Crippen LogP contribution in [0.15, 0.2) is 77.7 Å². The number of nitrogens with zero attached hydrogens (tertiary/aromatic N) is 3. The Morgan fingerprint density at radius 1 is 0.900 bits per heavy atom. The van der Waals surface area contributed by atoms with Crippen molar-refractivity contribution in [3.05, 3.63) is 101 Å². The average Bonchev–Trinajstić information content (AvgIpc) is 3.77. The molecule has 4 aromatic rings. The Morgan fingerprint density at radius 3 is 2.27 bits per heavy atom. The van der Waals surface area contributed by atoms with Gasteiger partial charge in [-0.1, -0.05) is 48.5 Å². The SMILES string of the molecule is Cc1cccc(C)c1-c1cc2nc(n1)NS(=O)(=O)c1cccc(c1)C(=O)N(C)C[C@@H](c1ccc(C3CC3)cc1)O2. The first-order valence-corrected chi connectivity index (χ1v) is 14.8. The normalized spacial score (nSPS) is 18.5. The second-order valence-corrected chi connectivity index (χ2v) is 12.2. The number of ether oxygens (including phenoxy) is 1. The molecule has 6 rings (SSSR count). The summed E-state index contributed by atoms with van der Waals surface area (Å²) in [5.74, 6) is 0.396. The molecule has 0 radical (unpaired) electrons. The van der Waals surface area contributed by atoms with Crippen molar-refractivity contribution in [2.24, 2.45) is 0 Å². The number of hydrogen-bond donors (Lipinski definition) is 1. The van der Waals surface area contributed by atoms with E-state index in [2.05, 4.69) is 26.8 Å². The number of likely N-dealkylation sites (N-methyl/N-ethyl adjacent to an activating group) is 1. The molecule has 1 N–H and O–H groups in total. The number of aromatic nitrogens is 2. The molecule has 1 saturated carbocycles. The summed E-state index contributed by atoms with van der Waals surface area (Å²) in [7, 11) is -2.41. The lowest BCUT2D eigenvalue weighted by Gasteiger charge is -2.25. The summed E-state index contributed by atoms with van der Waals surface area (Å²) in [4.78, 5) is 23.9. The molecule has 4 bridgehead atoms. The Bertz CT molecular complexity index is 1700. The van der Waals surface area contributed by atoms with Gasteiger partial charge in [-0.25, -0.2) is 18.1 Å². The zero-order chi connectivity index (χ0) is 28.0. The number of hydrogen-bond acceptors (Lipinski definition) is 6. The highest BCUT2D eigenvalue weighted by Crippen LogP contribution is 2.40. The van der Waals surface area contributed by atoms with Crippen LogP contribution in [0.3, 0.4) is 0 Å². The van der Waals surface area contributed by atoms with E-state index < -0.39 is 16.1 Å². The number of rotatable bonds is 3. The fourth-order valence-corrected chi connectivity index (χ4v) is 6.15. The molecule has 8 nitrogen and oxygen atoms in total. The number of amides is 1. The zero-order valence-corrected chi connectivity index (χ0v) is 23.4. The van der Waals surface area contributed by atoms with E-state index >= 15 is 0 Å². The Balaban J connectivity index is 1.50. The fraction of sp³-hybridized carbons (Fsp3) is 0.258. The van der Waals surface area contributed by atoms with Crippen LogP contribution in [0.1, 0.15) is 57.5 Å². The van der Waals surface area contributed by atoms with Crippen molar-refractivity contribution in [1.82, 2.24) is 14.9 Å². The molecule has 1 fully saturated rings. The van der Waals surface area contributed by atoms with Gasteiger partial charge in [0.25, 0.3) is 15.9 Å². The third kappa shape index (κ3) is 5.16. The Hall–Kier alpha value is -4.24.